The summed E-state index contributed by atoms with van der Waals surface area (Å²) in [7, 11) is 1.58. The Balaban J connectivity index is 2.22. The van der Waals surface area contributed by atoms with Gasteiger partial charge in [0.25, 0.3) is 0 Å². The van der Waals surface area contributed by atoms with Crippen LogP contribution in [0, 0.1) is 0 Å². The molecule has 0 aliphatic rings. The third-order valence-electron chi connectivity index (χ3n) is 3.73. The van der Waals surface area contributed by atoms with Crippen LogP contribution in [-0.2, 0) is 6.42 Å². The van der Waals surface area contributed by atoms with Crippen LogP contribution in [0.1, 0.15) is 28.7 Å². The number of ketones is 1. The molecule has 0 aliphatic heterocycles. The number of aromatic nitrogens is 2. The van der Waals surface area contributed by atoms with Crippen LogP contribution >= 0.6 is 31.9 Å². The van der Waals surface area contributed by atoms with Crippen LogP contribution in [0.25, 0.3) is 5.65 Å². The van der Waals surface area contributed by atoms with E-state index < -0.39 is 0 Å². The molecule has 3 aromatic rings. The fraction of sp³-hybridized carbons (Fsp3) is 0.176. The van der Waals surface area contributed by atoms with E-state index in [1.807, 2.05) is 19.1 Å². The molecule has 124 valence electrons. The Labute approximate surface area is 155 Å². The van der Waals surface area contributed by atoms with Gasteiger partial charge in [-0.05, 0) is 62.5 Å². The number of imidazole rings is 1. The van der Waals surface area contributed by atoms with E-state index >= 15 is 0 Å². The number of benzene rings is 1. The summed E-state index contributed by atoms with van der Waals surface area (Å²) in [6.45, 7) is 1.96. The second kappa shape index (κ2) is 6.57. The number of aryl methyl sites for hydroxylation is 1. The molecule has 7 heteroatoms. The monoisotopic (exact) mass is 452 g/mol. The fourth-order valence-electron chi connectivity index (χ4n) is 2.51. The second-order valence-electron chi connectivity index (χ2n) is 5.18. The molecule has 0 spiro atoms. The van der Waals surface area contributed by atoms with Gasteiger partial charge in [0, 0.05) is 5.56 Å². The van der Waals surface area contributed by atoms with Crippen molar-refractivity contribution >= 4 is 43.3 Å². The number of pyridine rings is 1. The van der Waals surface area contributed by atoms with Gasteiger partial charge in [-0.3, -0.25) is 9.20 Å². The molecule has 3 rings (SSSR count). The zero-order chi connectivity index (χ0) is 17.4. The molecule has 0 fully saturated rings. The number of ether oxygens (including phenoxy) is 1. The lowest BCUT2D eigenvalue weighted by molar-refractivity contribution is 0.103. The third kappa shape index (κ3) is 2.82. The van der Waals surface area contributed by atoms with Gasteiger partial charge in [0.15, 0.2) is 0 Å². The number of methoxy groups -OCH3 is 1. The quantitative estimate of drug-likeness (QED) is 0.596. The Bertz CT molecular complexity index is 927. The highest BCUT2D eigenvalue weighted by Crippen LogP contribution is 2.34. The van der Waals surface area contributed by atoms with Crippen LogP contribution in [0.2, 0.25) is 0 Å². The Morgan fingerprint density at radius 2 is 1.96 bits per heavy atom. The van der Waals surface area contributed by atoms with Crippen molar-refractivity contribution in [2.45, 2.75) is 13.3 Å². The van der Waals surface area contributed by atoms with E-state index in [0.29, 0.717) is 43.7 Å². The molecule has 0 saturated carbocycles. The van der Waals surface area contributed by atoms with E-state index in [1.54, 1.807) is 29.8 Å². The van der Waals surface area contributed by atoms with E-state index in [1.165, 1.54) is 0 Å². The Morgan fingerprint density at radius 3 is 2.54 bits per heavy atom. The maximum atomic E-state index is 13.1. The molecule has 0 atom stereocenters. The first-order chi connectivity index (χ1) is 11.5. The number of fused-ring (bicyclic) bond motifs is 1. The Kier molecular flexibility index (Phi) is 4.64. The molecule has 0 unspecified atom stereocenters. The third-order valence-corrected chi connectivity index (χ3v) is 4.94. The van der Waals surface area contributed by atoms with E-state index in [2.05, 4.69) is 36.8 Å². The molecule has 0 radical (unpaired) electrons. The van der Waals surface area contributed by atoms with Gasteiger partial charge >= 0.3 is 0 Å². The molecular weight excluding hydrogens is 440 g/mol. The van der Waals surface area contributed by atoms with Crippen molar-refractivity contribution in [1.29, 1.82) is 0 Å². The number of nitrogens with zero attached hydrogens (tertiary/aromatic N) is 2. The molecule has 0 aliphatic carbocycles. The second-order valence-corrected chi connectivity index (χ2v) is 6.88. The number of carbonyl (C=O) groups is 1. The standard InChI is InChI=1S/C17H14Br2N2O3/c1-3-13-15(21-8-10(24-2)4-5-14(21)20-13)16(22)9-6-11(18)17(23)12(19)7-9/h4-8,23H,3H2,1-2H3. The minimum atomic E-state index is -0.172. The minimum Gasteiger partial charge on any atom is -0.506 e. The average Bonchev–Trinajstić information content (AvgIpc) is 2.95. The number of carbonyl (C=O) groups excluding carboxylic acids is 1. The van der Waals surface area contributed by atoms with Crippen LogP contribution in [-0.4, -0.2) is 27.4 Å². The molecule has 0 saturated heterocycles. The van der Waals surface area contributed by atoms with E-state index in [9.17, 15) is 9.90 Å². The van der Waals surface area contributed by atoms with Gasteiger partial charge in [0.1, 0.15) is 22.8 Å². The van der Waals surface area contributed by atoms with E-state index in [4.69, 9.17) is 4.74 Å². The Morgan fingerprint density at radius 1 is 1.29 bits per heavy atom. The number of rotatable bonds is 4. The van der Waals surface area contributed by atoms with Crippen molar-refractivity contribution in [2.75, 3.05) is 7.11 Å². The van der Waals surface area contributed by atoms with Crippen molar-refractivity contribution in [3.8, 4) is 11.5 Å². The van der Waals surface area contributed by atoms with Gasteiger partial charge in [0.2, 0.25) is 5.78 Å². The summed E-state index contributed by atoms with van der Waals surface area (Å²) in [5, 5.41) is 9.84. The summed E-state index contributed by atoms with van der Waals surface area (Å²) in [6, 6.07) is 6.82. The van der Waals surface area contributed by atoms with E-state index in [0.717, 1.165) is 0 Å². The highest BCUT2D eigenvalue weighted by molar-refractivity contribution is 9.11. The lowest BCUT2D eigenvalue weighted by Gasteiger charge is -2.08. The molecular formula is C17H14Br2N2O3. The maximum absolute atomic E-state index is 13.1. The van der Waals surface area contributed by atoms with Crippen LogP contribution in [0.4, 0.5) is 0 Å². The summed E-state index contributed by atoms with van der Waals surface area (Å²) in [4.78, 5) is 17.6. The van der Waals surface area contributed by atoms with Gasteiger partial charge in [0.05, 0.1) is 27.9 Å². The van der Waals surface area contributed by atoms with Gasteiger partial charge < -0.3 is 9.84 Å². The normalized spacial score (nSPS) is 11.0. The lowest BCUT2D eigenvalue weighted by atomic mass is 10.1. The van der Waals surface area contributed by atoms with Crippen LogP contribution in [0.3, 0.4) is 0 Å². The first-order valence-electron chi connectivity index (χ1n) is 7.24. The average molecular weight is 454 g/mol. The number of phenolic OH excluding ortho intramolecular Hbond substituents is 1. The number of halogens is 2. The van der Waals surface area contributed by atoms with Crippen LogP contribution in [0.15, 0.2) is 39.4 Å². The van der Waals surface area contributed by atoms with Crippen molar-refractivity contribution in [3.63, 3.8) is 0 Å². The summed E-state index contributed by atoms with van der Waals surface area (Å²) in [6.07, 6.45) is 2.38. The van der Waals surface area contributed by atoms with Crippen molar-refractivity contribution < 1.29 is 14.6 Å². The lowest BCUT2D eigenvalue weighted by Crippen LogP contribution is -2.08. The fourth-order valence-corrected chi connectivity index (χ4v) is 3.70. The summed E-state index contributed by atoms with van der Waals surface area (Å²) >= 11 is 6.52. The summed E-state index contributed by atoms with van der Waals surface area (Å²) in [5.74, 6) is 0.528. The number of hydrogen-bond donors (Lipinski definition) is 1. The molecule has 0 amide bonds. The molecule has 1 N–H and O–H groups in total. The zero-order valence-corrected chi connectivity index (χ0v) is 16.2. The van der Waals surface area contributed by atoms with Crippen LogP contribution < -0.4 is 4.74 Å². The molecule has 0 bridgehead atoms. The van der Waals surface area contributed by atoms with Crippen molar-refractivity contribution in [3.05, 3.63) is 56.4 Å². The molecule has 2 aromatic heterocycles. The smallest absolute Gasteiger partial charge is 0.211 e. The topological polar surface area (TPSA) is 63.8 Å². The zero-order valence-electron chi connectivity index (χ0n) is 13.0. The predicted molar refractivity (Wildman–Crippen MR) is 98.1 cm³/mol. The minimum absolute atomic E-state index is 0.0575. The van der Waals surface area contributed by atoms with Crippen molar-refractivity contribution in [2.24, 2.45) is 0 Å². The SMILES string of the molecule is CCc1nc2ccc(OC)cn2c1C(=O)c1cc(Br)c(O)c(Br)c1. The van der Waals surface area contributed by atoms with Crippen LogP contribution in [0.5, 0.6) is 11.5 Å². The van der Waals surface area contributed by atoms with Gasteiger partial charge in [-0.2, -0.15) is 0 Å². The molecule has 5 nitrogen and oxygen atoms in total. The number of phenols is 1. The largest absolute Gasteiger partial charge is 0.506 e. The molecule has 24 heavy (non-hydrogen) atoms. The first kappa shape index (κ1) is 17.0. The molecule has 2 heterocycles. The maximum Gasteiger partial charge on any atom is 0.211 e. The molecule has 1 aromatic carbocycles. The Hall–Kier alpha value is -1.86. The van der Waals surface area contributed by atoms with E-state index in [-0.39, 0.29) is 11.5 Å². The number of hydrogen-bond acceptors (Lipinski definition) is 4. The highest BCUT2D eigenvalue weighted by Gasteiger charge is 2.21. The summed E-state index contributed by atoms with van der Waals surface area (Å²) in [5.41, 5.74) is 2.35. The summed E-state index contributed by atoms with van der Waals surface area (Å²) < 4.78 is 7.89. The first-order valence-corrected chi connectivity index (χ1v) is 8.82. The highest BCUT2D eigenvalue weighted by atomic mass is 79.9. The van der Waals surface area contributed by atoms with Gasteiger partial charge in [-0.1, -0.05) is 6.92 Å². The number of aromatic hydroxyl groups is 1. The van der Waals surface area contributed by atoms with Crippen molar-refractivity contribution in [1.82, 2.24) is 9.38 Å². The van der Waals surface area contributed by atoms with Gasteiger partial charge in [-0.25, -0.2) is 4.98 Å². The van der Waals surface area contributed by atoms with Gasteiger partial charge in [-0.15, -0.1) is 0 Å². The predicted octanol–water partition coefficient (Wildman–Crippen LogP) is 4.37.